The number of halogens is 1. The summed E-state index contributed by atoms with van der Waals surface area (Å²) in [6, 6.07) is 3.21. The molecule has 0 bridgehead atoms. The predicted molar refractivity (Wildman–Crippen MR) is 84.2 cm³/mol. The van der Waals surface area contributed by atoms with E-state index in [4.69, 9.17) is 4.42 Å². The van der Waals surface area contributed by atoms with E-state index in [1.54, 1.807) is 19.2 Å². The summed E-state index contributed by atoms with van der Waals surface area (Å²) in [5.74, 6) is -0.288. The lowest BCUT2D eigenvalue weighted by Gasteiger charge is -2.19. The van der Waals surface area contributed by atoms with Crippen LogP contribution in [0.25, 0.3) is 0 Å². The Hall–Kier alpha value is -1.34. The zero-order chi connectivity index (χ0) is 15.8. The Kier molecular flexibility index (Phi) is 7.45. The van der Waals surface area contributed by atoms with Crippen LogP contribution in [0.4, 0.5) is 0 Å². The minimum Gasteiger partial charge on any atom is -0.444 e. The molecule has 0 saturated carbocycles. The van der Waals surface area contributed by atoms with Crippen LogP contribution in [0.3, 0.4) is 0 Å². The molecule has 21 heavy (non-hydrogen) atoms. The summed E-state index contributed by atoms with van der Waals surface area (Å²) in [5, 5.41) is 2.81. The Balaban J connectivity index is 2.35. The molecular formula is C14H22BrN3O3. The lowest BCUT2D eigenvalue weighted by molar-refractivity contribution is -0.121. The molecule has 6 nitrogen and oxygen atoms in total. The summed E-state index contributed by atoms with van der Waals surface area (Å²) in [4.78, 5) is 27.3. The van der Waals surface area contributed by atoms with Gasteiger partial charge in [-0.2, -0.15) is 0 Å². The maximum Gasteiger partial charge on any atom is 0.289 e. The minimum atomic E-state index is -0.320. The first-order valence-electron chi connectivity index (χ1n) is 6.97. The molecule has 1 N–H and O–H groups in total. The Labute approximate surface area is 133 Å². The van der Waals surface area contributed by atoms with Crippen molar-refractivity contribution in [3.63, 3.8) is 0 Å². The van der Waals surface area contributed by atoms with Crippen LogP contribution in [0, 0.1) is 0 Å². The second-order valence-electron chi connectivity index (χ2n) is 4.64. The molecule has 0 fully saturated rings. The van der Waals surface area contributed by atoms with E-state index in [9.17, 15) is 9.59 Å². The number of carbonyl (C=O) groups excluding carboxylic acids is 2. The molecule has 118 valence electrons. The average Bonchev–Trinajstić information content (AvgIpc) is 2.89. The molecule has 1 aromatic rings. The third kappa shape index (κ3) is 5.89. The van der Waals surface area contributed by atoms with E-state index in [0.29, 0.717) is 11.2 Å². The van der Waals surface area contributed by atoms with Gasteiger partial charge in [-0.05, 0) is 41.2 Å². The Morgan fingerprint density at radius 2 is 1.95 bits per heavy atom. The molecule has 0 aliphatic carbocycles. The number of hydrogen-bond acceptors (Lipinski definition) is 4. The van der Waals surface area contributed by atoms with Gasteiger partial charge in [-0.3, -0.25) is 9.59 Å². The van der Waals surface area contributed by atoms with Crippen LogP contribution < -0.4 is 5.32 Å². The van der Waals surface area contributed by atoms with E-state index >= 15 is 0 Å². The van der Waals surface area contributed by atoms with Crippen LogP contribution >= 0.6 is 15.9 Å². The number of amides is 2. The summed E-state index contributed by atoms with van der Waals surface area (Å²) in [7, 11) is 1.57. The fourth-order valence-electron chi connectivity index (χ4n) is 1.85. The molecule has 7 heteroatoms. The van der Waals surface area contributed by atoms with Crippen molar-refractivity contribution < 1.29 is 14.0 Å². The SMILES string of the molecule is CCN(CC)CCNC(=O)CN(C)C(=O)c1ccc(Br)o1. The van der Waals surface area contributed by atoms with Gasteiger partial charge in [0.25, 0.3) is 5.91 Å². The van der Waals surface area contributed by atoms with Crippen molar-refractivity contribution in [3.8, 4) is 0 Å². The van der Waals surface area contributed by atoms with E-state index in [1.165, 1.54) is 4.90 Å². The molecule has 0 aliphatic rings. The van der Waals surface area contributed by atoms with Crippen molar-refractivity contribution >= 4 is 27.7 Å². The summed E-state index contributed by atoms with van der Waals surface area (Å²) in [6.07, 6.45) is 0. The number of likely N-dealkylation sites (N-methyl/N-ethyl adjacent to an activating group) is 2. The van der Waals surface area contributed by atoms with Crippen LogP contribution in [0.2, 0.25) is 0 Å². The third-order valence-electron chi connectivity index (χ3n) is 3.16. The smallest absolute Gasteiger partial charge is 0.289 e. The number of hydrogen-bond donors (Lipinski definition) is 1. The van der Waals surface area contributed by atoms with Gasteiger partial charge in [0.15, 0.2) is 10.4 Å². The average molecular weight is 360 g/mol. The largest absolute Gasteiger partial charge is 0.444 e. The lowest BCUT2D eigenvalue weighted by atomic mass is 10.4. The molecule has 0 aromatic carbocycles. The maximum atomic E-state index is 12.0. The van der Waals surface area contributed by atoms with E-state index in [0.717, 1.165) is 19.6 Å². The highest BCUT2D eigenvalue weighted by atomic mass is 79.9. The van der Waals surface area contributed by atoms with Gasteiger partial charge in [0.2, 0.25) is 5.91 Å². The summed E-state index contributed by atoms with van der Waals surface area (Å²) < 4.78 is 5.67. The van der Waals surface area contributed by atoms with Crippen molar-refractivity contribution in [1.82, 2.24) is 15.1 Å². The summed E-state index contributed by atoms with van der Waals surface area (Å²) >= 11 is 3.14. The fourth-order valence-corrected chi connectivity index (χ4v) is 2.16. The topological polar surface area (TPSA) is 65.8 Å². The first-order valence-corrected chi connectivity index (χ1v) is 7.77. The molecule has 0 unspecified atom stereocenters. The molecule has 1 rings (SSSR count). The Morgan fingerprint density at radius 3 is 2.48 bits per heavy atom. The fraction of sp³-hybridized carbons (Fsp3) is 0.571. The number of furan rings is 1. The van der Waals surface area contributed by atoms with Gasteiger partial charge in [-0.15, -0.1) is 0 Å². The highest BCUT2D eigenvalue weighted by Gasteiger charge is 2.17. The van der Waals surface area contributed by atoms with Crippen molar-refractivity contribution in [2.45, 2.75) is 13.8 Å². The van der Waals surface area contributed by atoms with Gasteiger partial charge in [0.1, 0.15) is 0 Å². The quantitative estimate of drug-likeness (QED) is 0.764. The zero-order valence-electron chi connectivity index (χ0n) is 12.7. The van der Waals surface area contributed by atoms with Gasteiger partial charge in [-0.25, -0.2) is 0 Å². The predicted octanol–water partition coefficient (Wildman–Crippen LogP) is 1.57. The normalized spacial score (nSPS) is 10.7. The monoisotopic (exact) mass is 359 g/mol. The van der Waals surface area contributed by atoms with Crippen LogP contribution in [0.15, 0.2) is 21.2 Å². The van der Waals surface area contributed by atoms with Crippen molar-refractivity contribution in [1.29, 1.82) is 0 Å². The van der Waals surface area contributed by atoms with Crippen LogP contribution in [-0.2, 0) is 4.79 Å². The van der Waals surface area contributed by atoms with Gasteiger partial charge in [0.05, 0.1) is 6.54 Å². The first kappa shape index (κ1) is 17.7. The highest BCUT2D eigenvalue weighted by Crippen LogP contribution is 2.15. The maximum absolute atomic E-state index is 12.0. The van der Waals surface area contributed by atoms with Crippen molar-refractivity contribution in [2.24, 2.45) is 0 Å². The third-order valence-corrected chi connectivity index (χ3v) is 3.58. The summed E-state index contributed by atoms with van der Waals surface area (Å²) in [6.45, 7) is 7.47. The molecule has 0 aliphatic heterocycles. The molecule has 0 atom stereocenters. The van der Waals surface area contributed by atoms with Gasteiger partial charge >= 0.3 is 0 Å². The molecule has 1 heterocycles. The molecule has 1 aromatic heterocycles. The van der Waals surface area contributed by atoms with Crippen LogP contribution in [0.1, 0.15) is 24.4 Å². The second-order valence-corrected chi connectivity index (χ2v) is 5.42. The molecule has 0 saturated heterocycles. The van der Waals surface area contributed by atoms with Crippen molar-refractivity contribution in [2.75, 3.05) is 39.8 Å². The van der Waals surface area contributed by atoms with Gasteiger partial charge in [0, 0.05) is 20.1 Å². The van der Waals surface area contributed by atoms with E-state index < -0.39 is 0 Å². The highest BCUT2D eigenvalue weighted by molar-refractivity contribution is 9.10. The van der Waals surface area contributed by atoms with Crippen molar-refractivity contribution in [3.05, 3.63) is 22.6 Å². The molecule has 0 radical (unpaired) electrons. The van der Waals surface area contributed by atoms with Gasteiger partial charge in [-0.1, -0.05) is 13.8 Å². The number of carbonyl (C=O) groups is 2. The zero-order valence-corrected chi connectivity index (χ0v) is 14.3. The summed E-state index contributed by atoms with van der Waals surface area (Å²) in [5.41, 5.74) is 0. The molecule has 2 amide bonds. The van der Waals surface area contributed by atoms with E-state index in [1.807, 2.05) is 0 Å². The number of rotatable bonds is 8. The Bertz CT molecular complexity index is 472. The Morgan fingerprint density at radius 1 is 1.29 bits per heavy atom. The van der Waals surface area contributed by atoms with Crippen LogP contribution in [-0.4, -0.2) is 61.4 Å². The standard InChI is InChI=1S/C14H22BrN3O3/c1-4-18(5-2)9-8-16-13(19)10-17(3)14(20)11-6-7-12(15)21-11/h6-7H,4-5,8-10H2,1-3H3,(H,16,19). The lowest BCUT2D eigenvalue weighted by Crippen LogP contribution is -2.41. The molecular weight excluding hydrogens is 338 g/mol. The minimum absolute atomic E-state index is 0.00933. The number of nitrogens with zero attached hydrogens (tertiary/aromatic N) is 2. The van der Waals surface area contributed by atoms with E-state index in [2.05, 4.69) is 40.0 Å². The van der Waals surface area contributed by atoms with E-state index in [-0.39, 0.29) is 24.1 Å². The number of nitrogens with one attached hydrogen (secondary N) is 1. The first-order chi connectivity index (χ1) is 9.97. The van der Waals surface area contributed by atoms with Crippen LogP contribution in [0.5, 0.6) is 0 Å². The molecule has 0 spiro atoms. The van der Waals surface area contributed by atoms with Gasteiger partial charge < -0.3 is 19.5 Å². The second kappa shape index (κ2) is 8.84.